The molecule has 1 aliphatic carbocycles. The quantitative estimate of drug-likeness (QED) is 0.729. The van der Waals surface area contributed by atoms with Crippen LogP contribution < -0.4 is 0 Å². The summed E-state index contributed by atoms with van der Waals surface area (Å²) in [5.74, 6) is 0.821. The summed E-state index contributed by atoms with van der Waals surface area (Å²) >= 11 is 0. The van der Waals surface area contributed by atoms with Gasteiger partial charge in [-0.1, -0.05) is 6.08 Å². The molecule has 2 aromatic heterocycles. The molecule has 16 heavy (non-hydrogen) atoms. The normalized spacial score (nSPS) is 16.4. The summed E-state index contributed by atoms with van der Waals surface area (Å²) in [6.07, 6.45) is 9.23. The van der Waals surface area contributed by atoms with Crippen molar-refractivity contribution in [1.29, 1.82) is 0 Å². The number of hydrogen-bond donors (Lipinski definition) is 0. The maximum absolute atomic E-state index is 4.48. The van der Waals surface area contributed by atoms with Gasteiger partial charge in [0.2, 0.25) is 0 Å². The van der Waals surface area contributed by atoms with Crippen molar-refractivity contribution in [3.8, 4) is 0 Å². The average Bonchev–Trinajstić information content (AvgIpc) is 2.73. The summed E-state index contributed by atoms with van der Waals surface area (Å²) in [7, 11) is 0. The summed E-state index contributed by atoms with van der Waals surface area (Å²) < 4.78 is 2.01. The highest BCUT2D eigenvalue weighted by atomic mass is 15.3. The van der Waals surface area contributed by atoms with Crippen molar-refractivity contribution < 1.29 is 0 Å². The molecule has 2 heterocycles. The lowest BCUT2D eigenvalue weighted by molar-refractivity contribution is 0.734. The molecule has 0 unspecified atom stereocenters. The molecule has 0 N–H and O–H groups in total. The predicted octanol–water partition coefficient (Wildman–Crippen LogP) is 3.00. The van der Waals surface area contributed by atoms with Gasteiger partial charge in [0, 0.05) is 0 Å². The van der Waals surface area contributed by atoms with Gasteiger partial charge in [-0.25, -0.2) is 9.50 Å². The summed E-state index contributed by atoms with van der Waals surface area (Å²) in [5.41, 5.74) is 3.75. The molecule has 2 aromatic rings. The van der Waals surface area contributed by atoms with Gasteiger partial charge in [-0.2, -0.15) is 5.10 Å². The minimum atomic E-state index is 0.821. The molecule has 3 heteroatoms. The highest BCUT2D eigenvalue weighted by Crippen LogP contribution is 2.27. The molecule has 1 aliphatic rings. The van der Waals surface area contributed by atoms with Crippen LogP contribution in [0.15, 0.2) is 24.4 Å². The molecule has 0 atom stereocenters. The lowest BCUT2D eigenvalue weighted by atomic mass is 9.97. The number of aryl methyl sites for hydroxylation is 1. The van der Waals surface area contributed by atoms with Crippen LogP contribution in [0.2, 0.25) is 0 Å². The zero-order chi connectivity index (χ0) is 11.0. The fourth-order valence-corrected chi connectivity index (χ4v) is 2.30. The Balaban J connectivity index is 2.16. The van der Waals surface area contributed by atoms with Crippen LogP contribution in [-0.2, 0) is 0 Å². The first kappa shape index (κ1) is 9.58. The number of allylic oxidation sites excluding steroid dienone is 2. The SMILES string of the molecule is Cc1ncc2ccc(C3=CCCCC3)n2n1. The Morgan fingerprint density at radius 1 is 1.25 bits per heavy atom. The van der Waals surface area contributed by atoms with Crippen LogP contribution in [0.1, 0.15) is 37.2 Å². The third-order valence-electron chi connectivity index (χ3n) is 3.13. The van der Waals surface area contributed by atoms with Crippen LogP contribution in [0.4, 0.5) is 0 Å². The van der Waals surface area contributed by atoms with E-state index < -0.39 is 0 Å². The minimum Gasteiger partial charge on any atom is -0.238 e. The van der Waals surface area contributed by atoms with Crippen LogP contribution in [0, 0.1) is 6.92 Å². The van der Waals surface area contributed by atoms with Crippen molar-refractivity contribution in [2.24, 2.45) is 0 Å². The van der Waals surface area contributed by atoms with Gasteiger partial charge in [-0.05, 0) is 50.3 Å². The fourth-order valence-electron chi connectivity index (χ4n) is 2.30. The molecular weight excluding hydrogens is 198 g/mol. The minimum absolute atomic E-state index is 0.821. The molecule has 0 aliphatic heterocycles. The van der Waals surface area contributed by atoms with Gasteiger partial charge in [-0.3, -0.25) is 0 Å². The van der Waals surface area contributed by atoms with E-state index in [1.54, 1.807) is 0 Å². The van der Waals surface area contributed by atoms with E-state index in [1.165, 1.54) is 37.0 Å². The van der Waals surface area contributed by atoms with E-state index in [0.717, 1.165) is 11.3 Å². The van der Waals surface area contributed by atoms with Crippen LogP contribution >= 0.6 is 0 Å². The van der Waals surface area contributed by atoms with E-state index in [9.17, 15) is 0 Å². The molecule has 0 radical (unpaired) electrons. The van der Waals surface area contributed by atoms with E-state index in [0.29, 0.717) is 0 Å². The van der Waals surface area contributed by atoms with Crippen molar-refractivity contribution in [3.05, 3.63) is 35.9 Å². The molecule has 0 saturated carbocycles. The number of nitrogens with zero attached hydrogens (tertiary/aromatic N) is 3. The number of fused-ring (bicyclic) bond motifs is 1. The molecule has 0 saturated heterocycles. The largest absolute Gasteiger partial charge is 0.238 e. The second-order valence-electron chi connectivity index (χ2n) is 4.34. The first-order valence-electron chi connectivity index (χ1n) is 5.85. The van der Waals surface area contributed by atoms with Crippen molar-refractivity contribution in [2.45, 2.75) is 32.6 Å². The summed E-state index contributed by atoms with van der Waals surface area (Å²) in [6, 6.07) is 4.24. The standard InChI is InChI=1S/C13H15N3/c1-10-14-9-12-7-8-13(16(12)15-10)11-5-3-2-4-6-11/h5,7-9H,2-4,6H2,1H3. The maximum atomic E-state index is 4.48. The monoisotopic (exact) mass is 213 g/mol. The van der Waals surface area contributed by atoms with Crippen LogP contribution in [-0.4, -0.2) is 14.6 Å². The van der Waals surface area contributed by atoms with E-state index >= 15 is 0 Å². The lowest BCUT2D eigenvalue weighted by Crippen LogP contribution is -2.02. The Hall–Kier alpha value is -1.64. The molecule has 3 nitrogen and oxygen atoms in total. The second kappa shape index (κ2) is 3.74. The van der Waals surface area contributed by atoms with Crippen molar-refractivity contribution >= 4 is 11.1 Å². The Bertz CT molecular complexity index is 551. The van der Waals surface area contributed by atoms with Crippen LogP contribution in [0.3, 0.4) is 0 Å². The van der Waals surface area contributed by atoms with Gasteiger partial charge in [0.15, 0.2) is 0 Å². The Labute approximate surface area is 94.8 Å². The molecule has 0 bridgehead atoms. The second-order valence-corrected chi connectivity index (χ2v) is 4.34. The molecule has 0 amide bonds. The predicted molar refractivity (Wildman–Crippen MR) is 64.2 cm³/mol. The third kappa shape index (κ3) is 1.52. The number of aromatic nitrogens is 3. The fraction of sp³-hybridized carbons (Fsp3) is 0.385. The molecule has 0 aromatic carbocycles. The molecular formula is C13H15N3. The van der Waals surface area contributed by atoms with E-state index in [2.05, 4.69) is 28.3 Å². The topological polar surface area (TPSA) is 30.2 Å². The number of rotatable bonds is 1. The molecule has 0 spiro atoms. The maximum Gasteiger partial charge on any atom is 0.146 e. The highest BCUT2D eigenvalue weighted by molar-refractivity contribution is 5.67. The Morgan fingerprint density at radius 3 is 3.00 bits per heavy atom. The van der Waals surface area contributed by atoms with E-state index in [1.807, 2.05) is 17.6 Å². The smallest absolute Gasteiger partial charge is 0.146 e. The number of hydrogen-bond acceptors (Lipinski definition) is 2. The summed E-state index contributed by atoms with van der Waals surface area (Å²) in [4.78, 5) is 4.21. The van der Waals surface area contributed by atoms with Gasteiger partial charge in [0.25, 0.3) is 0 Å². The summed E-state index contributed by atoms with van der Waals surface area (Å²) in [6.45, 7) is 1.93. The average molecular weight is 213 g/mol. The van der Waals surface area contributed by atoms with E-state index in [-0.39, 0.29) is 0 Å². The van der Waals surface area contributed by atoms with Gasteiger partial charge >= 0.3 is 0 Å². The van der Waals surface area contributed by atoms with Gasteiger partial charge in [0.05, 0.1) is 17.4 Å². The zero-order valence-electron chi connectivity index (χ0n) is 9.48. The highest BCUT2D eigenvalue weighted by Gasteiger charge is 2.11. The third-order valence-corrected chi connectivity index (χ3v) is 3.13. The Morgan fingerprint density at radius 2 is 2.19 bits per heavy atom. The molecule has 3 rings (SSSR count). The van der Waals surface area contributed by atoms with Gasteiger partial charge < -0.3 is 0 Å². The first-order valence-corrected chi connectivity index (χ1v) is 5.85. The van der Waals surface area contributed by atoms with Crippen molar-refractivity contribution in [1.82, 2.24) is 14.6 Å². The lowest BCUT2D eigenvalue weighted by Gasteiger charge is -2.12. The van der Waals surface area contributed by atoms with Crippen LogP contribution in [0.5, 0.6) is 0 Å². The molecule has 0 fully saturated rings. The Kier molecular flexibility index (Phi) is 2.24. The molecule has 82 valence electrons. The zero-order valence-corrected chi connectivity index (χ0v) is 9.48. The first-order chi connectivity index (χ1) is 7.84. The van der Waals surface area contributed by atoms with Gasteiger partial charge in [0.1, 0.15) is 5.82 Å². The van der Waals surface area contributed by atoms with Crippen molar-refractivity contribution in [3.63, 3.8) is 0 Å². The van der Waals surface area contributed by atoms with Crippen LogP contribution in [0.25, 0.3) is 11.1 Å². The summed E-state index contributed by atoms with van der Waals surface area (Å²) in [5, 5.41) is 4.48. The van der Waals surface area contributed by atoms with Gasteiger partial charge in [-0.15, -0.1) is 0 Å². The van der Waals surface area contributed by atoms with E-state index in [4.69, 9.17) is 0 Å². The van der Waals surface area contributed by atoms with Crippen molar-refractivity contribution in [2.75, 3.05) is 0 Å².